The predicted molar refractivity (Wildman–Crippen MR) is 66.7 cm³/mol. The van der Waals surface area contributed by atoms with E-state index in [2.05, 4.69) is 31.0 Å². The van der Waals surface area contributed by atoms with Crippen LogP contribution < -0.4 is 5.56 Å². The fourth-order valence-corrected chi connectivity index (χ4v) is 2.14. The molecule has 0 bridgehead atoms. The Hall–Kier alpha value is -1.95. The molecule has 0 unspecified atom stereocenters. The lowest BCUT2D eigenvalue weighted by atomic mass is 10.1. The molecule has 0 aliphatic rings. The summed E-state index contributed by atoms with van der Waals surface area (Å²) in [7, 11) is 0. The van der Waals surface area contributed by atoms with E-state index >= 15 is 0 Å². The first-order chi connectivity index (χ1) is 8.27. The molecule has 0 aliphatic carbocycles. The van der Waals surface area contributed by atoms with E-state index in [1.54, 1.807) is 0 Å². The number of aromatic nitrogens is 4. The third kappa shape index (κ3) is 1.57. The minimum absolute atomic E-state index is 0.227. The van der Waals surface area contributed by atoms with Crippen LogP contribution in [-0.2, 0) is 0 Å². The van der Waals surface area contributed by atoms with Gasteiger partial charge in [-0.3, -0.25) is 4.79 Å². The Bertz CT molecular complexity index is 732. The number of nitrogens with zero attached hydrogens (tertiary/aromatic N) is 3. The van der Waals surface area contributed by atoms with Gasteiger partial charge in [0.05, 0.1) is 5.69 Å². The van der Waals surface area contributed by atoms with Crippen molar-refractivity contribution >= 4 is 21.7 Å². The van der Waals surface area contributed by atoms with Gasteiger partial charge in [0.2, 0.25) is 5.78 Å². The molecule has 0 spiro atoms. The summed E-state index contributed by atoms with van der Waals surface area (Å²) in [6.45, 7) is 0. The monoisotopic (exact) mass is 290 g/mol. The highest BCUT2D eigenvalue weighted by Gasteiger charge is 2.11. The van der Waals surface area contributed by atoms with E-state index in [1.807, 2.05) is 30.3 Å². The van der Waals surface area contributed by atoms with Gasteiger partial charge in [0.15, 0.2) is 0 Å². The molecule has 1 N–H and O–H groups in total. The summed E-state index contributed by atoms with van der Waals surface area (Å²) in [5.41, 5.74) is 1.40. The van der Waals surface area contributed by atoms with Gasteiger partial charge in [0.1, 0.15) is 10.8 Å². The molecule has 0 fully saturated rings. The first-order valence-electron chi connectivity index (χ1n) is 4.94. The quantitative estimate of drug-likeness (QED) is 0.744. The van der Waals surface area contributed by atoms with E-state index in [-0.39, 0.29) is 5.56 Å². The highest BCUT2D eigenvalue weighted by atomic mass is 79.9. The van der Waals surface area contributed by atoms with Crippen molar-refractivity contribution in [1.82, 2.24) is 19.6 Å². The maximum atomic E-state index is 12.0. The van der Waals surface area contributed by atoms with Crippen LogP contribution in [0.3, 0.4) is 0 Å². The van der Waals surface area contributed by atoms with Crippen LogP contribution in [0.5, 0.6) is 0 Å². The second kappa shape index (κ2) is 3.81. The SMILES string of the molecule is O=c1c(Br)c(-c2ccccc2)[nH]c2ncnn12. The van der Waals surface area contributed by atoms with Gasteiger partial charge in [-0.1, -0.05) is 30.3 Å². The zero-order chi connectivity index (χ0) is 11.8. The Balaban J connectivity index is 2.38. The minimum Gasteiger partial charge on any atom is -0.322 e. The lowest BCUT2D eigenvalue weighted by Gasteiger charge is -2.04. The first-order valence-corrected chi connectivity index (χ1v) is 5.73. The number of hydrogen-bond donors (Lipinski definition) is 1. The number of benzene rings is 1. The van der Waals surface area contributed by atoms with Gasteiger partial charge in [-0.15, -0.1) is 0 Å². The lowest BCUT2D eigenvalue weighted by Crippen LogP contribution is -2.17. The van der Waals surface area contributed by atoms with Gasteiger partial charge in [-0.25, -0.2) is 0 Å². The summed E-state index contributed by atoms with van der Waals surface area (Å²) in [5, 5.41) is 3.85. The van der Waals surface area contributed by atoms with Crippen molar-refractivity contribution in [2.45, 2.75) is 0 Å². The molecule has 84 valence electrons. The van der Waals surface area contributed by atoms with Crippen LogP contribution in [0.1, 0.15) is 0 Å². The Kier molecular flexibility index (Phi) is 2.29. The lowest BCUT2D eigenvalue weighted by molar-refractivity contribution is 0.893. The Morgan fingerprint density at radius 2 is 2.00 bits per heavy atom. The average molecular weight is 291 g/mol. The zero-order valence-electron chi connectivity index (χ0n) is 8.59. The van der Waals surface area contributed by atoms with Crippen molar-refractivity contribution in [2.75, 3.05) is 0 Å². The van der Waals surface area contributed by atoms with E-state index < -0.39 is 0 Å². The molecule has 3 aromatic rings. The molecule has 2 heterocycles. The van der Waals surface area contributed by atoms with Gasteiger partial charge < -0.3 is 4.98 Å². The number of hydrogen-bond acceptors (Lipinski definition) is 3. The van der Waals surface area contributed by atoms with Crippen LogP contribution in [0.4, 0.5) is 0 Å². The highest BCUT2D eigenvalue weighted by molar-refractivity contribution is 9.10. The summed E-state index contributed by atoms with van der Waals surface area (Å²) >= 11 is 3.29. The third-order valence-electron chi connectivity index (χ3n) is 2.45. The van der Waals surface area contributed by atoms with Crippen molar-refractivity contribution in [2.24, 2.45) is 0 Å². The molecule has 0 saturated heterocycles. The third-order valence-corrected chi connectivity index (χ3v) is 3.18. The van der Waals surface area contributed by atoms with Crippen LogP contribution >= 0.6 is 15.9 Å². The summed E-state index contributed by atoms with van der Waals surface area (Å²) in [6, 6.07) is 9.58. The molecule has 0 aliphatic heterocycles. The predicted octanol–water partition coefficient (Wildman–Crippen LogP) is 1.85. The number of fused-ring (bicyclic) bond motifs is 1. The van der Waals surface area contributed by atoms with Gasteiger partial charge in [-0.05, 0) is 21.5 Å². The zero-order valence-corrected chi connectivity index (χ0v) is 10.2. The number of H-pyrrole nitrogens is 1. The molecule has 0 radical (unpaired) electrons. The normalized spacial score (nSPS) is 10.9. The molecule has 5 nitrogen and oxygen atoms in total. The first kappa shape index (κ1) is 10.2. The molecule has 0 amide bonds. The highest BCUT2D eigenvalue weighted by Crippen LogP contribution is 2.22. The molecule has 0 saturated carbocycles. The molecule has 17 heavy (non-hydrogen) atoms. The Morgan fingerprint density at radius 1 is 1.24 bits per heavy atom. The van der Waals surface area contributed by atoms with Crippen LogP contribution in [-0.4, -0.2) is 19.6 Å². The van der Waals surface area contributed by atoms with Crippen LogP contribution in [0, 0.1) is 0 Å². The van der Waals surface area contributed by atoms with E-state index in [1.165, 1.54) is 10.8 Å². The summed E-state index contributed by atoms with van der Waals surface area (Å²) in [5.74, 6) is 0.428. The topological polar surface area (TPSA) is 63.0 Å². The Morgan fingerprint density at radius 3 is 2.76 bits per heavy atom. The van der Waals surface area contributed by atoms with Crippen molar-refractivity contribution in [3.8, 4) is 11.3 Å². The molecular weight excluding hydrogens is 284 g/mol. The van der Waals surface area contributed by atoms with Crippen LogP contribution in [0.15, 0.2) is 45.9 Å². The Labute approximate surface area is 104 Å². The van der Waals surface area contributed by atoms with Crippen LogP contribution in [0.25, 0.3) is 17.0 Å². The van der Waals surface area contributed by atoms with Crippen molar-refractivity contribution in [3.63, 3.8) is 0 Å². The number of rotatable bonds is 1. The van der Waals surface area contributed by atoms with E-state index in [0.29, 0.717) is 15.9 Å². The second-order valence-electron chi connectivity index (χ2n) is 3.48. The number of aromatic amines is 1. The van der Waals surface area contributed by atoms with E-state index in [9.17, 15) is 4.79 Å². The number of nitrogens with one attached hydrogen (secondary N) is 1. The van der Waals surface area contributed by atoms with Gasteiger partial charge in [-0.2, -0.15) is 14.6 Å². The molecule has 0 atom stereocenters. The molecule has 2 aromatic heterocycles. The fourth-order valence-electron chi connectivity index (χ4n) is 1.65. The van der Waals surface area contributed by atoms with E-state index in [4.69, 9.17) is 0 Å². The summed E-state index contributed by atoms with van der Waals surface area (Å²) in [4.78, 5) is 19.0. The average Bonchev–Trinajstić information content (AvgIpc) is 2.83. The molecule has 6 heteroatoms. The van der Waals surface area contributed by atoms with Crippen molar-refractivity contribution in [3.05, 3.63) is 51.5 Å². The summed E-state index contributed by atoms with van der Waals surface area (Å²) < 4.78 is 1.66. The fraction of sp³-hybridized carbons (Fsp3) is 0. The van der Waals surface area contributed by atoms with Gasteiger partial charge in [0, 0.05) is 0 Å². The molecular formula is C11H7BrN4O. The minimum atomic E-state index is -0.227. The maximum absolute atomic E-state index is 12.0. The second-order valence-corrected chi connectivity index (χ2v) is 4.27. The van der Waals surface area contributed by atoms with Crippen molar-refractivity contribution < 1.29 is 0 Å². The van der Waals surface area contributed by atoms with Crippen LogP contribution in [0.2, 0.25) is 0 Å². The smallest absolute Gasteiger partial charge is 0.290 e. The maximum Gasteiger partial charge on any atom is 0.290 e. The van der Waals surface area contributed by atoms with Gasteiger partial charge >= 0.3 is 0 Å². The van der Waals surface area contributed by atoms with E-state index in [0.717, 1.165) is 5.56 Å². The van der Waals surface area contributed by atoms with Crippen molar-refractivity contribution in [1.29, 1.82) is 0 Å². The number of halogens is 1. The largest absolute Gasteiger partial charge is 0.322 e. The standard InChI is InChI=1S/C11H7BrN4O/c12-8-9(7-4-2-1-3-5-7)15-11-13-6-14-16(11)10(8)17/h1-6H,(H,13,14,15). The summed E-state index contributed by atoms with van der Waals surface area (Å²) in [6.07, 6.45) is 1.34. The molecule has 1 aromatic carbocycles. The van der Waals surface area contributed by atoms with Gasteiger partial charge in [0.25, 0.3) is 5.56 Å². The molecule has 3 rings (SSSR count).